The Hall–Kier alpha value is -3.34. The summed E-state index contributed by atoms with van der Waals surface area (Å²) in [4.78, 5) is 27.7. The van der Waals surface area contributed by atoms with Gasteiger partial charge in [0.05, 0.1) is 11.4 Å². The summed E-state index contributed by atoms with van der Waals surface area (Å²) in [6.45, 7) is 6.83. The van der Waals surface area contributed by atoms with Gasteiger partial charge in [-0.15, -0.1) is 0 Å². The summed E-state index contributed by atoms with van der Waals surface area (Å²) in [7, 11) is -3.87. The largest absolute Gasteiger partial charge is 0.486 e. The van der Waals surface area contributed by atoms with Gasteiger partial charge in [0.25, 0.3) is 0 Å². The lowest BCUT2D eigenvalue weighted by atomic mass is 10.1. The molecule has 1 heterocycles. The van der Waals surface area contributed by atoms with E-state index in [1.807, 2.05) is 0 Å². The number of carbonyl (C=O) groups excluding carboxylic acids is 2. The number of halogens is 1. The van der Waals surface area contributed by atoms with Crippen LogP contribution < -0.4 is 19.1 Å². The Morgan fingerprint density at radius 1 is 1.03 bits per heavy atom. The van der Waals surface area contributed by atoms with Gasteiger partial charge in [-0.25, -0.2) is 12.8 Å². The third-order valence-corrected chi connectivity index (χ3v) is 7.40. The minimum atomic E-state index is -3.87. The normalized spacial score (nSPS) is 13.7. The Labute approximate surface area is 211 Å². The number of benzene rings is 2. The molecule has 0 unspecified atom stereocenters. The number of hydrogen-bond acceptors (Lipinski definition) is 6. The lowest BCUT2D eigenvalue weighted by Gasteiger charge is -2.32. The Morgan fingerprint density at radius 3 is 2.28 bits per heavy atom. The molecule has 0 fully saturated rings. The molecule has 0 radical (unpaired) electrons. The van der Waals surface area contributed by atoms with Crippen LogP contribution in [0.25, 0.3) is 0 Å². The summed E-state index contributed by atoms with van der Waals surface area (Å²) >= 11 is 0. The first kappa shape index (κ1) is 27.3. The summed E-state index contributed by atoms with van der Waals surface area (Å²) in [5, 5.41) is 2.78. The molecule has 11 heteroatoms. The summed E-state index contributed by atoms with van der Waals surface area (Å²) in [5.41, 5.74) is 0.841. The van der Waals surface area contributed by atoms with Gasteiger partial charge >= 0.3 is 0 Å². The van der Waals surface area contributed by atoms with Crippen molar-refractivity contribution in [3.63, 3.8) is 0 Å². The van der Waals surface area contributed by atoms with Gasteiger partial charge in [0.1, 0.15) is 31.6 Å². The van der Waals surface area contributed by atoms with Gasteiger partial charge < -0.3 is 19.7 Å². The van der Waals surface area contributed by atoms with Crippen LogP contribution in [-0.4, -0.2) is 62.7 Å². The standard InChI is InChI=1S/C25H32FN3O6S/c1-5-36(32,33)29(21-10-11-22-23(14-21)35-13-12-34-22)16-24(30)28(18(4)25(31)27-17(2)3)15-19-6-8-20(26)9-7-19/h6-11,14,17-18H,5,12-13,15-16H2,1-4H3,(H,27,31)/t18-/m0/s1. The van der Waals surface area contributed by atoms with E-state index in [1.54, 1.807) is 32.9 Å². The van der Waals surface area contributed by atoms with Crippen LogP contribution in [0, 0.1) is 5.82 Å². The zero-order valence-corrected chi connectivity index (χ0v) is 21.7. The van der Waals surface area contributed by atoms with Crippen molar-refractivity contribution in [2.45, 2.75) is 46.3 Å². The van der Waals surface area contributed by atoms with Crippen molar-refractivity contribution in [3.05, 3.63) is 53.8 Å². The second kappa shape index (κ2) is 11.6. The third kappa shape index (κ3) is 6.66. The number of nitrogens with zero attached hydrogens (tertiary/aromatic N) is 2. The summed E-state index contributed by atoms with van der Waals surface area (Å²) < 4.78 is 51.6. The molecule has 196 valence electrons. The minimum Gasteiger partial charge on any atom is -0.486 e. The first-order valence-electron chi connectivity index (χ1n) is 11.8. The van der Waals surface area contributed by atoms with E-state index in [0.717, 1.165) is 4.31 Å². The molecule has 0 aromatic heterocycles. The van der Waals surface area contributed by atoms with Crippen molar-refractivity contribution in [1.29, 1.82) is 0 Å². The Balaban J connectivity index is 1.94. The van der Waals surface area contributed by atoms with E-state index in [-0.39, 0.29) is 29.9 Å². The molecule has 0 saturated carbocycles. The Morgan fingerprint density at radius 2 is 1.67 bits per heavy atom. The van der Waals surface area contributed by atoms with Crippen molar-refractivity contribution in [2.24, 2.45) is 0 Å². The number of fused-ring (bicyclic) bond motifs is 1. The fraction of sp³-hybridized carbons (Fsp3) is 0.440. The van der Waals surface area contributed by atoms with Crippen LogP contribution in [0.4, 0.5) is 10.1 Å². The molecule has 3 rings (SSSR count). The maximum Gasteiger partial charge on any atom is 0.244 e. The van der Waals surface area contributed by atoms with Crippen molar-refractivity contribution >= 4 is 27.5 Å². The van der Waals surface area contributed by atoms with Crippen LogP contribution in [0.1, 0.15) is 33.3 Å². The molecule has 2 aromatic carbocycles. The van der Waals surface area contributed by atoms with E-state index in [2.05, 4.69) is 5.32 Å². The van der Waals surface area contributed by atoms with Crippen LogP contribution in [0.3, 0.4) is 0 Å². The predicted molar refractivity (Wildman–Crippen MR) is 134 cm³/mol. The van der Waals surface area contributed by atoms with Crippen LogP contribution in [-0.2, 0) is 26.2 Å². The average Bonchev–Trinajstić information content (AvgIpc) is 2.85. The van der Waals surface area contributed by atoms with Crippen molar-refractivity contribution in [3.8, 4) is 11.5 Å². The van der Waals surface area contributed by atoms with E-state index >= 15 is 0 Å². The SMILES string of the molecule is CCS(=O)(=O)N(CC(=O)N(Cc1ccc(F)cc1)[C@@H](C)C(=O)NC(C)C)c1ccc2c(c1)OCCO2. The maximum absolute atomic E-state index is 13.6. The lowest BCUT2D eigenvalue weighted by molar-refractivity contribution is -0.139. The van der Waals surface area contributed by atoms with Gasteiger partial charge in [0.15, 0.2) is 11.5 Å². The molecule has 1 atom stereocenters. The summed E-state index contributed by atoms with van der Waals surface area (Å²) in [5.74, 6) is -0.767. The second-order valence-corrected chi connectivity index (χ2v) is 10.9. The zero-order chi connectivity index (χ0) is 26.5. The summed E-state index contributed by atoms with van der Waals surface area (Å²) in [6.07, 6.45) is 0. The Bertz CT molecular complexity index is 1190. The fourth-order valence-corrected chi connectivity index (χ4v) is 4.73. The number of rotatable bonds is 10. The molecule has 1 aliphatic heterocycles. The zero-order valence-electron chi connectivity index (χ0n) is 20.9. The monoisotopic (exact) mass is 521 g/mol. The van der Waals surface area contributed by atoms with Gasteiger partial charge in [-0.2, -0.15) is 0 Å². The first-order valence-corrected chi connectivity index (χ1v) is 13.4. The van der Waals surface area contributed by atoms with Gasteiger partial charge in [-0.1, -0.05) is 12.1 Å². The molecule has 0 aliphatic carbocycles. The highest BCUT2D eigenvalue weighted by Crippen LogP contribution is 2.35. The van der Waals surface area contributed by atoms with Crippen LogP contribution in [0.15, 0.2) is 42.5 Å². The van der Waals surface area contributed by atoms with Gasteiger partial charge in [-0.05, 0) is 57.5 Å². The number of anilines is 1. The smallest absolute Gasteiger partial charge is 0.244 e. The topological polar surface area (TPSA) is 105 Å². The first-order chi connectivity index (χ1) is 17.0. The number of sulfonamides is 1. The van der Waals surface area contributed by atoms with E-state index in [0.29, 0.717) is 30.3 Å². The molecule has 0 saturated heterocycles. The van der Waals surface area contributed by atoms with E-state index < -0.39 is 34.3 Å². The Kier molecular flexibility index (Phi) is 8.78. The molecule has 0 spiro atoms. The summed E-state index contributed by atoms with van der Waals surface area (Å²) in [6, 6.07) is 9.17. The maximum atomic E-state index is 13.6. The fourth-order valence-electron chi connectivity index (χ4n) is 3.68. The molecule has 9 nitrogen and oxygen atoms in total. The lowest BCUT2D eigenvalue weighted by Crippen LogP contribution is -2.52. The van der Waals surface area contributed by atoms with Crippen molar-refractivity contribution in [1.82, 2.24) is 10.2 Å². The second-order valence-electron chi connectivity index (χ2n) is 8.72. The average molecular weight is 522 g/mol. The molecule has 1 aliphatic rings. The number of carbonyl (C=O) groups is 2. The predicted octanol–water partition coefficient (Wildman–Crippen LogP) is 2.69. The number of ether oxygens (including phenoxy) is 2. The molecule has 0 bridgehead atoms. The van der Waals surface area contributed by atoms with Crippen LogP contribution in [0.5, 0.6) is 11.5 Å². The van der Waals surface area contributed by atoms with Crippen LogP contribution >= 0.6 is 0 Å². The number of hydrogen-bond donors (Lipinski definition) is 1. The van der Waals surface area contributed by atoms with Gasteiger partial charge in [0, 0.05) is 18.7 Å². The highest BCUT2D eigenvalue weighted by atomic mass is 32.2. The van der Waals surface area contributed by atoms with Gasteiger partial charge in [0.2, 0.25) is 21.8 Å². The van der Waals surface area contributed by atoms with Crippen LogP contribution in [0.2, 0.25) is 0 Å². The van der Waals surface area contributed by atoms with E-state index in [9.17, 15) is 22.4 Å². The van der Waals surface area contributed by atoms with E-state index in [1.165, 1.54) is 42.2 Å². The molecular formula is C25H32FN3O6S. The van der Waals surface area contributed by atoms with Crippen molar-refractivity contribution in [2.75, 3.05) is 29.8 Å². The quantitative estimate of drug-likeness (QED) is 0.516. The molecule has 2 amide bonds. The van der Waals surface area contributed by atoms with Gasteiger partial charge in [-0.3, -0.25) is 13.9 Å². The van der Waals surface area contributed by atoms with Crippen molar-refractivity contribution < 1.29 is 31.9 Å². The molecular weight excluding hydrogens is 489 g/mol. The molecule has 1 N–H and O–H groups in total. The minimum absolute atomic E-state index is 0.00700. The van der Waals surface area contributed by atoms with E-state index in [4.69, 9.17) is 9.47 Å². The molecule has 2 aromatic rings. The highest BCUT2D eigenvalue weighted by Gasteiger charge is 2.31. The third-order valence-electron chi connectivity index (χ3n) is 5.66. The highest BCUT2D eigenvalue weighted by molar-refractivity contribution is 7.92. The molecule has 36 heavy (non-hydrogen) atoms. The number of nitrogens with one attached hydrogen (secondary N) is 1. The number of amides is 2.